The zero-order valence-corrected chi connectivity index (χ0v) is 19.4. The fraction of sp³-hybridized carbons (Fsp3) is 0.500. The van der Waals surface area contributed by atoms with Gasteiger partial charge in [0.1, 0.15) is 17.6 Å². The van der Waals surface area contributed by atoms with Crippen LogP contribution in [-0.2, 0) is 0 Å². The average molecular weight is 420 g/mol. The SMILES string of the molecule is COc1ccccc1[C@H](O)c1cc(Cl)cc(OCC(C)(C)C)c1NCC(C)(C)C. The van der Waals surface area contributed by atoms with Crippen molar-refractivity contribution < 1.29 is 14.6 Å². The Morgan fingerprint density at radius 2 is 1.62 bits per heavy atom. The van der Waals surface area contributed by atoms with Crippen LogP contribution >= 0.6 is 11.6 Å². The number of aliphatic hydroxyl groups is 1. The molecule has 0 unspecified atom stereocenters. The number of benzene rings is 2. The monoisotopic (exact) mass is 419 g/mol. The minimum Gasteiger partial charge on any atom is -0.496 e. The highest BCUT2D eigenvalue weighted by Crippen LogP contribution is 2.41. The molecule has 0 aliphatic heterocycles. The maximum atomic E-state index is 11.3. The molecule has 0 saturated heterocycles. The molecule has 0 amide bonds. The van der Waals surface area contributed by atoms with Gasteiger partial charge in [-0.3, -0.25) is 0 Å². The number of halogens is 1. The van der Waals surface area contributed by atoms with Crippen LogP contribution in [0.3, 0.4) is 0 Å². The van der Waals surface area contributed by atoms with E-state index >= 15 is 0 Å². The lowest BCUT2D eigenvalue weighted by Crippen LogP contribution is -2.22. The Morgan fingerprint density at radius 3 is 2.21 bits per heavy atom. The van der Waals surface area contributed by atoms with E-state index in [9.17, 15) is 5.11 Å². The highest BCUT2D eigenvalue weighted by atomic mass is 35.5. The fourth-order valence-corrected chi connectivity index (χ4v) is 3.05. The lowest BCUT2D eigenvalue weighted by Gasteiger charge is -2.27. The largest absolute Gasteiger partial charge is 0.496 e. The standard InChI is InChI=1S/C24H34ClNO3/c1-23(2,3)14-26-21-18(22(27)17-10-8-9-11-19(17)28-7)12-16(25)13-20(21)29-15-24(4,5)6/h8-13,22,26-27H,14-15H2,1-7H3/t22-/m0/s1. The summed E-state index contributed by atoms with van der Waals surface area (Å²) in [7, 11) is 1.60. The molecule has 0 bridgehead atoms. The van der Waals surface area contributed by atoms with Crippen LogP contribution in [0.2, 0.25) is 5.02 Å². The van der Waals surface area contributed by atoms with Gasteiger partial charge in [0, 0.05) is 28.8 Å². The molecule has 2 N–H and O–H groups in total. The summed E-state index contributed by atoms with van der Waals surface area (Å²) in [5.41, 5.74) is 2.14. The van der Waals surface area contributed by atoms with Gasteiger partial charge in [-0.1, -0.05) is 71.3 Å². The zero-order chi connectivity index (χ0) is 21.8. The fourth-order valence-electron chi connectivity index (χ4n) is 2.83. The molecule has 0 aliphatic carbocycles. The molecule has 2 aromatic rings. The van der Waals surface area contributed by atoms with Crippen LogP contribution in [0.15, 0.2) is 36.4 Å². The highest BCUT2D eigenvalue weighted by molar-refractivity contribution is 6.31. The lowest BCUT2D eigenvalue weighted by molar-refractivity contribution is 0.196. The second-order valence-corrected chi connectivity index (χ2v) is 10.2. The van der Waals surface area contributed by atoms with Gasteiger partial charge in [-0.15, -0.1) is 0 Å². The Morgan fingerprint density at radius 1 is 0.966 bits per heavy atom. The number of para-hydroxylation sites is 1. The van der Waals surface area contributed by atoms with Gasteiger partial charge in [0.25, 0.3) is 0 Å². The van der Waals surface area contributed by atoms with Crippen molar-refractivity contribution in [3.05, 3.63) is 52.5 Å². The van der Waals surface area contributed by atoms with Crippen LogP contribution in [-0.4, -0.2) is 25.4 Å². The predicted molar refractivity (Wildman–Crippen MR) is 121 cm³/mol. The molecule has 0 aliphatic rings. The van der Waals surface area contributed by atoms with Crippen LogP contribution in [0.4, 0.5) is 5.69 Å². The first kappa shape index (κ1) is 23.4. The molecule has 1 atom stereocenters. The second kappa shape index (κ2) is 9.27. The molecule has 0 spiro atoms. The van der Waals surface area contributed by atoms with Gasteiger partial charge in [0.05, 0.1) is 19.4 Å². The predicted octanol–water partition coefficient (Wildman–Crippen LogP) is 6.31. The summed E-state index contributed by atoms with van der Waals surface area (Å²) in [4.78, 5) is 0. The normalized spacial score (nSPS) is 13.1. The van der Waals surface area contributed by atoms with E-state index in [1.807, 2.05) is 24.3 Å². The summed E-state index contributed by atoms with van der Waals surface area (Å²) >= 11 is 6.42. The molecule has 2 rings (SSSR count). The molecular formula is C24H34ClNO3. The van der Waals surface area contributed by atoms with Gasteiger partial charge >= 0.3 is 0 Å². The Hall–Kier alpha value is -1.91. The second-order valence-electron chi connectivity index (χ2n) is 9.78. The van der Waals surface area contributed by atoms with E-state index in [0.717, 1.165) is 5.69 Å². The van der Waals surface area contributed by atoms with Crippen molar-refractivity contribution in [2.75, 3.05) is 25.6 Å². The minimum absolute atomic E-state index is 0.00888. The molecule has 4 nitrogen and oxygen atoms in total. The average Bonchev–Trinajstić information content (AvgIpc) is 2.63. The van der Waals surface area contributed by atoms with E-state index in [1.54, 1.807) is 19.2 Å². The van der Waals surface area contributed by atoms with Gasteiger partial charge in [-0.05, 0) is 23.0 Å². The van der Waals surface area contributed by atoms with E-state index in [1.165, 1.54) is 0 Å². The number of rotatable bonds is 7. The number of hydrogen-bond acceptors (Lipinski definition) is 4. The van der Waals surface area contributed by atoms with Gasteiger partial charge in [0.15, 0.2) is 0 Å². The van der Waals surface area contributed by atoms with Crippen molar-refractivity contribution in [3.63, 3.8) is 0 Å². The molecule has 0 heterocycles. The van der Waals surface area contributed by atoms with Crippen LogP contribution in [0, 0.1) is 10.8 Å². The third-order valence-electron chi connectivity index (χ3n) is 4.28. The number of anilines is 1. The summed E-state index contributed by atoms with van der Waals surface area (Å²) in [6, 6.07) is 11.0. The van der Waals surface area contributed by atoms with Crippen molar-refractivity contribution in [3.8, 4) is 11.5 Å². The first-order valence-corrected chi connectivity index (χ1v) is 10.3. The molecule has 29 heavy (non-hydrogen) atoms. The van der Waals surface area contributed by atoms with E-state index in [-0.39, 0.29) is 10.8 Å². The summed E-state index contributed by atoms with van der Waals surface area (Å²) in [5.74, 6) is 1.26. The van der Waals surface area contributed by atoms with Crippen LogP contribution in [0.1, 0.15) is 58.8 Å². The first-order valence-electron chi connectivity index (χ1n) is 9.92. The zero-order valence-electron chi connectivity index (χ0n) is 18.6. The highest BCUT2D eigenvalue weighted by Gasteiger charge is 2.24. The van der Waals surface area contributed by atoms with Crippen LogP contribution in [0.5, 0.6) is 11.5 Å². The topological polar surface area (TPSA) is 50.7 Å². The molecule has 0 saturated carbocycles. The van der Waals surface area contributed by atoms with Crippen molar-refractivity contribution in [1.29, 1.82) is 0 Å². The maximum Gasteiger partial charge on any atom is 0.144 e. The maximum absolute atomic E-state index is 11.3. The Bertz CT molecular complexity index is 822. The molecule has 0 fully saturated rings. The Labute approximate surface area is 180 Å². The number of methoxy groups -OCH3 is 1. The lowest BCUT2D eigenvalue weighted by atomic mass is 9.95. The van der Waals surface area contributed by atoms with Crippen LogP contribution in [0.25, 0.3) is 0 Å². The smallest absolute Gasteiger partial charge is 0.144 e. The van der Waals surface area contributed by atoms with E-state index < -0.39 is 6.10 Å². The van der Waals surface area contributed by atoms with E-state index in [2.05, 4.69) is 46.9 Å². The third-order valence-corrected chi connectivity index (χ3v) is 4.50. The number of hydrogen-bond donors (Lipinski definition) is 2. The molecule has 0 aromatic heterocycles. The van der Waals surface area contributed by atoms with Gasteiger partial charge in [0.2, 0.25) is 0 Å². The summed E-state index contributed by atoms with van der Waals surface area (Å²) in [6.07, 6.45) is -0.913. The Kier molecular flexibility index (Phi) is 7.47. The minimum atomic E-state index is -0.913. The quantitative estimate of drug-likeness (QED) is 0.551. The van der Waals surface area contributed by atoms with Crippen molar-refractivity contribution in [2.45, 2.75) is 47.6 Å². The van der Waals surface area contributed by atoms with Gasteiger partial charge in [-0.2, -0.15) is 0 Å². The number of ether oxygens (including phenoxy) is 2. The van der Waals surface area contributed by atoms with Gasteiger partial charge in [-0.25, -0.2) is 0 Å². The molecule has 5 heteroatoms. The molecular weight excluding hydrogens is 386 g/mol. The van der Waals surface area contributed by atoms with Crippen LogP contribution < -0.4 is 14.8 Å². The van der Waals surface area contributed by atoms with E-state index in [4.69, 9.17) is 21.1 Å². The summed E-state index contributed by atoms with van der Waals surface area (Å²) in [6.45, 7) is 14.1. The molecule has 0 radical (unpaired) electrons. The number of aliphatic hydroxyl groups excluding tert-OH is 1. The van der Waals surface area contributed by atoms with Gasteiger partial charge < -0.3 is 19.9 Å². The van der Waals surface area contributed by atoms with Crippen molar-refractivity contribution in [1.82, 2.24) is 0 Å². The Balaban J connectivity index is 2.54. The molecule has 160 valence electrons. The molecule has 2 aromatic carbocycles. The summed E-state index contributed by atoms with van der Waals surface area (Å²) < 4.78 is 11.6. The van der Waals surface area contributed by atoms with Crippen molar-refractivity contribution >= 4 is 17.3 Å². The van der Waals surface area contributed by atoms with E-state index in [0.29, 0.717) is 40.8 Å². The summed E-state index contributed by atoms with van der Waals surface area (Å²) in [5, 5.41) is 15.3. The first-order chi connectivity index (χ1) is 13.4. The van der Waals surface area contributed by atoms with Crippen molar-refractivity contribution in [2.24, 2.45) is 10.8 Å². The third kappa shape index (κ3) is 6.83. The number of nitrogens with one attached hydrogen (secondary N) is 1.